The molecule has 0 amide bonds. The van der Waals surface area contributed by atoms with Gasteiger partial charge in [-0.15, -0.1) is 0 Å². The zero-order valence-electron chi connectivity index (χ0n) is 7.39. The molecule has 12 heavy (non-hydrogen) atoms. The van der Waals surface area contributed by atoms with Gasteiger partial charge in [-0.3, -0.25) is 4.98 Å². The monoisotopic (exact) mass is 273 g/mol. The van der Waals surface area contributed by atoms with Crippen LogP contribution in [0.5, 0.6) is 0 Å². The van der Waals surface area contributed by atoms with Gasteiger partial charge in [0.25, 0.3) is 0 Å². The van der Waals surface area contributed by atoms with Gasteiger partial charge in [-0.2, -0.15) is 0 Å². The van der Waals surface area contributed by atoms with Crippen molar-refractivity contribution in [3.63, 3.8) is 0 Å². The highest BCUT2D eigenvalue weighted by atomic mass is 127. The van der Waals surface area contributed by atoms with Gasteiger partial charge in [0, 0.05) is 9.26 Å². The Morgan fingerprint density at radius 3 is 2.67 bits per heavy atom. The van der Waals surface area contributed by atoms with E-state index in [-0.39, 0.29) is 0 Å². The summed E-state index contributed by atoms with van der Waals surface area (Å²) in [5.74, 6) is 0.845. The first-order valence-electron chi connectivity index (χ1n) is 4.32. The van der Waals surface area contributed by atoms with Crippen molar-refractivity contribution in [3.8, 4) is 0 Å². The van der Waals surface area contributed by atoms with Crippen LogP contribution in [-0.2, 0) is 0 Å². The summed E-state index contributed by atoms with van der Waals surface area (Å²) < 4.78 is 1.38. The van der Waals surface area contributed by atoms with Crippen LogP contribution < -0.4 is 0 Å². The van der Waals surface area contributed by atoms with Gasteiger partial charge in [-0.25, -0.2) is 0 Å². The minimum absolute atomic E-state index is 0.845. The van der Waals surface area contributed by atoms with Gasteiger partial charge in [-0.1, -0.05) is 0 Å². The van der Waals surface area contributed by atoms with E-state index in [0.717, 1.165) is 11.6 Å². The van der Waals surface area contributed by atoms with Crippen molar-refractivity contribution in [2.45, 2.75) is 32.6 Å². The number of hydrogen-bond donors (Lipinski definition) is 0. The van der Waals surface area contributed by atoms with Crippen LogP contribution in [0.3, 0.4) is 0 Å². The average molecular weight is 273 g/mol. The Balaban J connectivity index is 2.51. The van der Waals surface area contributed by atoms with Crippen LogP contribution in [0.25, 0.3) is 0 Å². The van der Waals surface area contributed by atoms with Crippen LogP contribution in [0.2, 0.25) is 0 Å². The zero-order chi connectivity index (χ0) is 8.72. The molecule has 2 rings (SSSR count). The molecule has 0 unspecified atom stereocenters. The quantitative estimate of drug-likeness (QED) is 0.716. The lowest BCUT2D eigenvalue weighted by atomic mass is 10.1. The number of nitrogens with zero attached hydrogens (tertiary/aromatic N) is 1. The Labute approximate surface area is 86.7 Å². The van der Waals surface area contributed by atoms with Crippen LogP contribution in [0.1, 0.15) is 35.7 Å². The maximum absolute atomic E-state index is 4.44. The molecule has 1 nitrogen and oxygen atoms in total. The molecule has 1 fully saturated rings. The summed E-state index contributed by atoms with van der Waals surface area (Å²) in [7, 11) is 0. The topological polar surface area (TPSA) is 12.9 Å². The summed E-state index contributed by atoms with van der Waals surface area (Å²) in [6.45, 7) is 4.18. The van der Waals surface area contributed by atoms with Gasteiger partial charge in [0.05, 0.1) is 5.69 Å². The van der Waals surface area contributed by atoms with E-state index in [1.807, 2.05) is 0 Å². The number of aryl methyl sites for hydroxylation is 2. The van der Waals surface area contributed by atoms with Crippen molar-refractivity contribution in [2.24, 2.45) is 0 Å². The fourth-order valence-electron chi connectivity index (χ4n) is 1.53. The van der Waals surface area contributed by atoms with Crippen LogP contribution in [-0.4, -0.2) is 4.98 Å². The molecule has 0 bridgehead atoms. The molecule has 1 aliphatic carbocycles. The van der Waals surface area contributed by atoms with E-state index in [0.29, 0.717) is 0 Å². The predicted octanol–water partition coefficient (Wildman–Crippen LogP) is 3.18. The fourth-order valence-corrected chi connectivity index (χ4v) is 2.25. The van der Waals surface area contributed by atoms with Crippen LogP contribution in [0.4, 0.5) is 0 Å². The summed E-state index contributed by atoms with van der Waals surface area (Å²) in [6, 6.07) is 2.24. The van der Waals surface area contributed by atoms with Crippen molar-refractivity contribution in [2.75, 3.05) is 0 Å². The average Bonchev–Trinajstić information content (AvgIpc) is 2.79. The molecule has 0 spiro atoms. The third kappa shape index (κ3) is 1.49. The molecule has 2 heteroatoms. The highest BCUT2D eigenvalue weighted by Crippen LogP contribution is 2.42. The van der Waals surface area contributed by atoms with Crippen LogP contribution in [0.15, 0.2) is 6.07 Å². The summed E-state index contributed by atoms with van der Waals surface area (Å²) in [6.07, 6.45) is 2.75. The number of pyridine rings is 1. The molecule has 0 N–H and O–H groups in total. The Bertz CT molecular complexity index is 316. The molecular weight excluding hydrogens is 261 g/mol. The molecule has 0 radical (unpaired) electrons. The normalized spacial score (nSPS) is 16.6. The summed E-state index contributed by atoms with van der Waals surface area (Å²) in [5.41, 5.74) is 3.88. The van der Waals surface area contributed by atoms with Crippen molar-refractivity contribution >= 4 is 22.6 Å². The Hall–Kier alpha value is -0.120. The lowest BCUT2D eigenvalue weighted by Gasteiger charge is -2.06. The Morgan fingerprint density at radius 1 is 1.42 bits per heavy atom. The maximum Gasteiger partial charge on any atom is 0.0512 e. The molecular formula is C10H12IN. The summed E-state index contributed by atoms with van der Waals surface area (Å²) in [4.78, 5) is 4.44. The lowest BCUT2D eigenvalue weighted by Crippen LogP contribution is -1.95. The number of hydrogen-bond acceptors (Lipinski definition) is 1. The number of halogens is 1. The van der Waals surface area contributed by atoms with Crippen LogP contribution >= 0.6 is 22.6 Å². The zero-order valence-corrected chi connectivity index (χ0v) is 9.55. The molecule has 0 saturated heterocycles. The SMILES string of the molecule is Cc1cc(C2CC2)c(I)c(C)n1. The minimum Gasteiger partial charge on any atom is -0.257 e. The van der Waals surface area contributed by atoms with E-state index < -0.39 is 0 Å². The van der Waals surface area contributed by atoms with Gasteiger partial charge in [-0.05, 0) is 66.8 Å². The highest BCUT2D eigenvalue weighted by molar-refractivity contribution is 14.1. The Kier molecular flexibility index (Phi) is 2.10. The predicted molar refractivity (Wildman–Crippen MR) is 58.4 cm³/mol. The third-order valence-electron chi connectivity index (χ3n) is 2.30. The fraction of sp³-hybridized carbons (Fsp3) is 0.500. The lowest BCUT2D eigenvalue weighted by molar-refractivity contribution is 1.02. The van der Waals surface area contributed by atoms with Crippen molar-refractivity contribution in [1.82, 2.24) is 4.98 Å². The van der Waals surface area contributed by atoms with Gasteiger partial charge in [0.15, 0.2) is 0 Å². The molecule has 0 atom stereocenters. The van der Waals surface area contributed by atoms with E-state index in [1.165, 1.54) is 27.7 Å². The summed E-state index contributed by atoms with van der Waals surface area (Å²) >= 11 is 2.41. The molecule has 0 aromatic carbocycles. The summed E-state index contributed by atoms with van der Waals surface area (Å²) in [5, 5.41) is 0. The van der Waals surface area contributed by atoms with E-state index in [9.17, 15) is 0 Å². The molecule has 1 aromatic rings. The smallest absolute Gasteiger partial charge is 0.0512 e. The first-order chi connectivity index (χ1) is 5.68. The van der Waals surface area contributed by atoms with Crippen molar-refractivity contribution < 1.29 is 0 Å². The van der Waals surface area contributed by atoms with Crippen LogP contribution in [0, 0.1) is 17.4 Å². The highest BCUT2D eigenvalue weighted by Gasteiger charge is 2.26. The largest absolute Gasteiger partial charge is 0.257 e. The third-order valence-corrected chi connectivity index (χ3v) is 3.70. The first-order valence-corrected chi connectivity index (χ1v) is 5.40. The van der Waals surface area contributed by atoms with Crippen molar-refractivity contribution in [1.29, 1.82) is 0 Å². The van der Waals surface area contributed by atoms with Gasteiger partial charge in [0.2, 0.25) is 0 Å². The van der Waals surface area contributed by atoms with Gasteiger partial charge < -0.3 is 0 Å². The second-order valence-electron chi connectivity index (χ2n) is 3.53. The second kappa shape index (κ2) is 2.98. The molecule has 1 aromatic heterocycles. The van der Waals surface area contributed by atoms with Gasteiger partial charge >= 0.3 is 0 Å². The second-order valence-corrected chi connectivity index (χ2v) is 4.61. The van der Waals surface area contributed by atoms with Crippen molar-refractivity contribution in [3.05, 3.63) is 26.6 Å². The van der Waals surface area contributed by atoms with E-state index in [2.05, 4.69) is 47.5 Å². The first kappa shape index (κ1) is 8.48. The Morgan fingerprint density at radius 2 is 2.08 bits per heavy atom. The number of rotatable bonds is 1. The maximum atomic E-state index is 4.44. The molecule has 64 valence electrons. The van der Waals surface area contributed by atoms with E-state index in [4.69, 9.17) is 0 Å². The molecule has 1 aliphatic rings. The minimum atomic E-state index is 0.845. The standard InChI is InChI=1S/C10H12IN/c1-6-5-9(8-3-4-8)10(11)7(2)12-6/h5,8H,3-4H2,1-2H3. The van der Waals surface area contributed by atoms with E-state index >= 15 is 0 Å². The molecule has 1 saturated carbocycles. The van der Waals surface area contributed by atoms with E-state index in [1.54, 1.807) is 0 Å². The molecule has 0 aliphatic heterocycles. The molecule has 1 heterocycles. The number of aromatic nitrogens is 1. The van der Waals surface area contributed by atoms with Gasteiger partial charge in [0.1, 0.15) is 0 Å².